The number of hydrogen-bond donors (Lipinski definition) is 1. The molecule has 0 aromatic heterocycles. The van der Waals surface area contributed by atoms with Crippen LogP contribution in [0.15, 0.2) is 78.9 Å². The fourth-order valence-corrected chi connectivity index (χ4v) is 4.85. The van der Waals surface area contributed by atoms with Crippen LogP contribution in [-0.2, 0) is 5.60 Å². The van der Waals surface area contributed by atoms with E-state index in [0.717, 1.165) is 61.5 Å². The van der Waals surface area contributed by atoms with E-state index in [2.05, 4.69) is 11.0 Å². The smallest absolute Gasteiger partial charge is 0.119 e. The van der Waals surface area contributed by atoms with Crippen molar-refractivity contribution in [3.63, 3.8) is 0 Å². The fourth-order valence-electron chi connectivity index (χ4n) is 4.85. The van der Waals surface area contributed by atoms with E-state index in [1.54, 1.807) is 19.2 Å². The van der Waals surface area contributed by atoms with Crippen LogP contribution >= 0.6 is 0 Å². The van der Waals surface area contributed by atoms with E-state index in [1.807, 2.05) is 66.7 Å². The molecule has 1 aliphatic heterocycles. The summed E-state index contributed by atoms with van der Waals surface area (Å²) in [6.07, 6.45) is 2.79. The molecule has 1 atom stereocenters. The van der Waals surface area contributed by atoms with Gasteiger partial charge in [0.2, 0.25) is 0 Å². The van der Waals surface area contributed by atoms with Gasteiger partial charge in [-0.1, -0.05) is 42.5 Å². The van der Waals surface area contributed by atoms with Gasteiger partial charge in [-0.05, 0) is 85.8 Å². The van der Waals surface area contributed by atoms with Gasteiger partial charge in [0.25, 0.3) is 0 Å². The molecular formula is C29H32N2O3. The summed E-state index contributed by atoms with van der Waals surface area (Å²) >= 11 is 0. The second kappa shape index (κ2) is 11.2. The standard InChI is InChI=1S/C29H32N2O3/c1-33-27-14-10-25(11-15-27)29(32,24-6-3-2-4-7-24)26-16-19-31(20-17-26)18-5-21-34-28-12-8-23(22-30)9-13-28/h2-4,6-15,26,32H,5,16-21H2,1H3. The molecule has 3 aromatic rings. The van der Waals surface area contributed by atoms with Gasteiger partial charge in [-0.25, -0.2) is 0 Å². The molecular weight excluding hydrogens is 424 g/mol. The van der Waals surface area contributed by atoms with Crippen molar-refractivity contribution >= 4 is 0 Å². The van der Waals surface area contributed by atoms with Gasteiger partial charge in [0.15, 0.2) is 0 Å². The van der Waals surface area contributed by atoms with Gasteiger partial charge in [-0.3, -0.25) is 0 Å². The average molecular weight is 457 g/mol. The van der Waals surface area contributed by atoms with Crippen molar-refractivity contribution in [1.82, 2.24) is 4.90 Å². The summed E-state index contributed by atoms with van der Waals surface area (Å²) in [5.41, 5.74) is 1.46. The van der Waals surface area contributed by atoms with Gasteiger partial charge in [0.05, 0.1) is 25.3 Å². The van der Waals surface area contributed by atoms with Gasteiger partial charge in [0, 0.05) is 6.54 Å². The Labute approximate surface area is 202 Å². The highest BCUT2D eigenvalue weighted by Crippen LogP contribution is 2.42. The van der Waals surface area contributed by atoms with E-state index in [1.165, 1.54) is 0 Å². The Hall–Kier alpha value is -3.33. The summed E-state index contributed by atoms with van der Waals surface area (Å²) in [6.45, 7) is 3.51. The molecule has 1 unspecified atom stereocenters. The monoisotopic (exact) mass is 456 g/mol. The molecule has 5 nitrogen and oxygen atoms in total. The van der Waals surface area contributed by atoms with Crippen LogP contribution in [0.5, 0.6) is 11.5 Å². The van der Waals surface area contributed by atoms with E-state index in [0.29, 0.717) is 12.2 Å². The zero-order chi connectivity index (χ0) is 23.8. The summed E-state index contributed by atoms with van der Waals surface area (Å²) in [5, 5.41) is 21.0. The summed E-state index contributed by atoms with van der Waals surface area (Å²) in [7, 11) is 1.66. The predicted molar refractivity (Wildman–Crippen MR) is 133 cm³/mol. The van der Waals surface area contributed by atoms with Crippen molar-refractivity contribution in [3.05, 3.63) is 95.6 Å². The van der Waals surface area contributed by atoms with Crippen LogP contribution in [0.3, 0.4) is 0 Å². The molecule has 0 radical (unpaired) electrons. The highest BCUT2D eigenvalue weighted by atomic mass is 16.5. The molecule has 1 fully saturated rings. The van der Waals surface area contributed by atoms with Crippen molar-refractivity contribution in [2.45, 2.75) is 24.9 Å². The van der Waals surface area contributed by atoms with E-state index in [9.17, 15) is 5.11 Å². The number of piperidine rings is 1. The van der Waals surface area contributed by atoms with Crippen molar-refractivity contribution in [2.24, 2.45) is 5.92 Å². The third-order valence-electron chi connectivity index (χ3n) is 6.79. The average Bonchev–Trinajstić information content (AvgIpc) is 2.92. The third kappa shape index (κ3) is 5.41. The second-order valence-electron chi connectivity index (χ2n) is 8.82. The molecule has 176 valence electrons. The molecule has 0 aliphatic carbocycles. The van der Waals surface area contributed by atoms with Crippen LogP contribution in [0, 0.1) is 17.2 Å². The van der Waals surface area contributed by atoms with Crippen molar-refractivity contribution in [2.75, 3.05) is 33.4 Å². The Morgan fingerprint density at radius 2 is 1.53 bits per heavy atom. The maximum atomic E-state index is 12.1. The number of rotatable bonds is 9. The van der Waals surface area contributed by atoms with Gasteiger partial charge in [-0.15, -0.1) is 0 Å². The molecule has 0 spiro atoms. The lowest BCUT2D eigenvalue weighted by Crippen LogP contribution is -2.44. The lowest BCUT2D eigenvalue weighted by atomic mass is 9.72. The van der Waals surface area contributed by atoms with Crippen LogP contribution in [0.2, 0.25) is 0 Å². The molecule has 1 N–H and O–H groups in total. The first-order valence-electron chi connectivity index (χ1n) is 11.9. The van der Waals surface area contributed by atoms with Crippen molar-refractivity contribution in [3.8, 4) is 17.6 Å². The van der Waals surface area contributed by atoms with Gasteiger partial charge in [-0.2, -0.15) is 5.26 Å². The van der Waals surface area contributed by atoms with E-state index in [4.69, 9.17) is 14.7 Å². The van der Waals surface area contributed by atoms with Crippen molar-refractivity contribution in [1.29, 1.82) is 5.26 Å². The second-order valence-corrected chi connectivity index (χ2v) is 8.82. The Morgan fingerprint density at radius 1 is 0.912 bits per heavy atom. The number of nitrogens with zero attached hydrogens (tertiary/aromatic N) is 2. The maximum Gasteiger partial charge on any atom is 0.119 e. The molecule has 0 amide bonds. The third-order valence-corrected chi connectivity index (χ3v) is 6.79. The number of aliphatic hydroxyl groups is 1. The Balaban J connectivity index is 1.35. The highest BCUT2D eigenvalue weighted by Gasteiger charge is 2.41. The fraction of sp³-hybridized carbons (Fsp3) is 0.345. The number of benzene rings is 3. The normalized spacial score (nSPS) is 16.4. The number of methoxy groups -OCH3 is 1. The van der Waals surface area contributed by atoms with E-state index >= 15 is 0 Å². The number of nitriles is 1. The summed E-state index contributed by atoms with van der Waals surface area (Å²) in [5.74, 6) is 1.72. The summed E-state index contributed by atoms with van der Waals surface area (Å²) < 4.78 is 11.1. The highest BCUT2D eigenvalue weighted by molar-refractivity contribution is 5.40. The number of hydrogen-bond acceptors (Lipinski definition) is 5. The minimum Gasteiger partial charge on any atom is -0.497 e. The number of ether oxygens (including phenoxy) is 2. The zero-order valence-electron chi connectivity index (χ0n) is 19.7. The molecule has 3 aromatic carbocycles. The van der Waals surface area contributed by atoms with Crippen molar-refractivity contribution < 1.29 is 14.6 Å². The first kappa shape index (κ1) is 23.8. The minimum atomic E-state index is -1.03. The lowest BCUT2D eigenvalue weighted by molar-refractivity contribution is -0.0146. The molecule has 4 rings (SSSR count). The van der Waals surface area contributed by atoms with Crippen LogP contribution < -0.4 is 9.47 Å². The molecule has 0 bridgehead atoms. The van der Waals surface area contributed by atoms with Crippen LogP contribution in [0.25, 0.3) is 0 Å². The Bertz CT molecular complexity index is 1070. The van der Waals surface area contributed by atoms with Gasteiger partial charge < -0.3 is 19.5 Å². The molecule has 1 saturated heterocycles. The molecule has 1 heterocycles. The first-order chi connectivity index (χ1) is 16.6. The minimum absolute atomic E-state index is 0.134. The summed E-state index contributed by atoms with van der Waals surface area (Å²) in [6, 6.07) is 27.2. The topological polar surface area (TPSA) is 65.7 Å². The lowest BCUT2D eigenvalue weighted by Gasteiger charge is -2.42. The quantitative estimate of drug-likeness (QED) is 0.460. The first-order valence-corrected chi connectivity index (χ1v) is 11.9. The maximum absolute atomic E-state index is 12.1. The molecule has 1 aliphatic rings. The van der Waals surface area contributed by atoms with Crippen LogP contribution in [-0.4, -0.2) is 43.4 Å². The van der Waals surface area contributed by atoms with Gasteiger partial charge >= 0.3 is 0 Å². The Morgan fingerprint density at radius 3 is 2.15 bits per heavy atom. The van der Waals surface area contributed by atoms with Gasteiger partial charge in [0.1, 0.15) is 17.1 Å². The van der Waals surface area contributed by atoms with Crippen LogP contribution in [0.1, 0.15) is 36.0 Å². The zero-order valence-corrected chi connectivity index (χ0v) is 19.7. The number of likely N-dealkylation sites (tertiary alicyclic amines) is 1. The molecule has 34 heavy (non-hydrogen) atoms. The summed E-state index contributed by atoms with van der Waals surface area (Å²) in [4.78, 5) is 2.46. The predicted octanol–water partition coefficient (Wildman–Crippen LogP) is 4.98. The van der Waals surface area contributed by atoms with E-state index < -0.39 is 5.60 Å². The molecule has 5 heteroatoms. The largest absolute Gasteiger partial charge is 0.497 e. The SMILES string of the molecule is COc1ccc(C(O)(c2ccccc2)C2CCN(CCCOc3ccc(C#N)cc3)CC2)cc1. The van der Waals surface area contributed by atoms with E-state index in [-0.39, 0.29) is 5.92 Å². The van der Waals surface area contributed by atoms with Crippen LogP contribution in [0.4, 0.5) is 0 Å². The molecule has 0 saturated carbocycles. The Kier molecular flexibility index (Phi) is 7.84.